The Balaban J connectivity index is 2.07. The van der Waals surface area contributed by atoms with Gasteiger partial charge in [0.25, 0.3) is 11.6 Å². The maximum Gasteiger partial charge on any atom is 0.283 e. The Hall–Kier alpha value is -1.47. The number of nitrogens with zero attached hydrogens (tertiary/aromatic N) is 1. The minimum atomic E-state index is -0.451. The van der Waals surface area contributed by atoms with Gasteiger partial charge in [0.05, 0.1) is 14.7 Å². The molecule has 2 atom stereocenters. The third-order valence-electron chi connectivity index (χ3n) is 3.39. The van der Waals surface area contributed by atoms with Crippen molar-refractivity contribution in [1.82, 2.24) is 10.6 Å². The molecule has 2 N–H and O–H groups in total. The zero-order chi connectivity index (χ0) is 14.0. The second kappa shape index (κ2) is 5.66. The molecule has 1 saturated heterocycles. The van der Waals surface area contributed by atoms with Crippen LogP contribution >= 0.6 is 11.3 Å². The maximum absolute atomic E-state index is 12.1. The third-order valence-corrected chi connectivity index (χ3v) is 4.43. The van der Waals surface area contributed by atoms with E-state index < -0.39 is 4.92 Å². The summed E-state index contributed by atoms with van der Waals surface area (Å²) in [6.45, 7) is 4.66. The van der Waals surface area contributed by atoms with E-state index in [0.717, 1.165) is 19.4 Å². The van der Waals surface area contributed by atoms with Crippen molar-refractivity contribution in [3.63, 3.8) is 0 Å². The Kier molecular flexibility index (Phi) is 4.16. The highest BCUT2D eigenvalue weighted by atomic mass is 32.1. The number of piperidine rings is 1. The van der Waals surface area contributed by atoms with Crippen LogP contribution in [0.5, 0.6) is 0 Å². The summed E-state index contributed by atoms with van der Waals surface area (Å²) in [5.74, 6) is -0.221. The number of carbonyl (C=O) groups excluding carboxylic acids is 1. The molecular weight excluding hydrogens is 266 g/mol. The van der Waals surface area contributed by atoms with Crippen LogP contribution in [0.15, 0.2) is 6.07 Å². The molecule has 1 amide bonds. The third kappa shape index (κ3) is 3.10. The summed E-state index contributed by atoms with van der Waals surface area (Å²) in [5, 5.41) is 17.0. The lowest BCUT2D eigenvalue weighted by Crippen LogP contribution is -2.51. The predicted octanol–water partition coefficient (Wildman–Crippen LogP) is 1.84. The fourth-order valence-corrected chi connectivity index (χ4v) is 3.14. The molecule has 1 aromatic rings. The number of carbonyl (C=O) groups is 1. The molecule has 0 aromatic carbocycles. The van der Waals surface area contributed by atoms with E-state index in [4.69, 9.17) is 0 Å². The molecule has 7 heteroatoms. The van der Waals surface area contributed by atoms with Gasteiger partial charge in [0.15, 0.2) is 0 Å². The summed E-state index contributed by atoms with van der Waals surface area (Å²) in [4.78, 5) is 23.4. The minimum absolute atomic E-state index is 0.0185. The van der Waals surface area contributed by atoms with Gasteiger partial charge in [-0.2, -0.15) is 0 Å². The monoisotopic (exact) mass is 283 g/mol. The second-order valence-corrected chi connectivity index (χ2v) is 6.03. The quantitative estimate of drug-likeness (QED) is 0.655. The summed E-state index contributed by atoms with van der Waals surface area (Å²) in [5.41, 5.74) is 0.0185. The summed E-state index contributed by atoms with van der Waals surface area (Å²) < 4.78 is 0. The topological polar surface area (TPSA) is 84.3 Å². The average Bonchev–Trinajstić information content (AvgIpc) is 2.74. The van der Waals surface area contributed by atoms with Crippen molar-refractivity contribution in [2.75, 3.05) is 6.54 Å². The Labute approximate surface area is 115 Å². The first-order valence-electron chi connectivity index (χ1n) is 6.28. The van der Waals surface area contributed by atoms with Crippen LogP contribution < -0.4 is 10.6 Å². The van der Waals surface area contributed by atoms with Gasteiger partial charge in [-0.05, 0) is 33.2 Å². The van der Waals surface area contributed by atoms with Crippen molar-refractivity contribution in [3.8, 4) is 0 Å². The number of nitro groups is 1. The van der Waals surface area contributed by atoms with Crippen LogP contribution in [0, 0.1) is 17.0 Å². The fraction of sp³-hybridized carbons (Fsp3) is 0.583. The van der Waals surface area contributed by atoms with Crippen molar-refractivity contribution >= 4 is 22.9 Å². The number of thiophene rings is 1. The molecule has 1 aliphatic rings. The highest BCUT2D eigenvalue weighted by Gasteiger charge is 2.25. The second-order valence-electron chi connectivity index (χ2n) is 4.77. The molecule has 0 spiro atoms. The Morgan fingerprint density at radius 2 is 2.37 bits per heavy atom. The molecule has 104 valence electrons. The molecule has 0 saturated carbocycles. The van der Waals surface area contributed by atoms with Crippen molar-refractivity contribution in [3.05, 3.63) is 25.9 Å². The molecule has 0 bridgehead atoms. The summed E-state index contributed by atoms with van der Waals surface area (Å²) in [6.07, 6.45) is 1.96. The van der Waals surface area contributed by atoms with Crippen LogP contribution in [0.2, 0.25) is 0 Å². The van der Waals surface area contributed by atoms with Gasteiger partial charge in [0, 0.05) is 18.2 Å². The lowest BCUT2D eigenvalue weighted by atomic mass is 10.00. The fourth-order valence-electron chi connectivity index (χ4n) is 2.25. The van der Waals surface area contributed by atoms with Gasteiger partial charge in [-0.1, -0.05) is 0 Å². The van der Waals surface area contributed by atoms with E-state index >= 15 is 0 Å². The average molecular weight is 283 g/mol. The van der Waals surface area contributed by atoms with Crippen LogP contribution in [0.4, 0.5) is 5.69 Å². The predicted molar refractivity (Wildman–Crippen MR) is 73.7 cm³/mol. The van der Waals surface area contributed by atoms with E-state index in [1.165, 1.54) is 17.4 Å². The van der Waals surface area contributed by atoms with Gasteiger partial charge >= 0.3 is 0 Å². The van der Waals surface area contributed by atoms with Crippen LogP contribution in [-0.4, -0.2) is 29.5 Å². The minimum Gasteiger partial charge on any atom is -0.347 e. The van der Waals surface area contributed by atoms with E-state index in [2.05, 4.69) is 10.6 Å². The Morgan fingerprint density at radius 1 is 1.63 bits per heavy atom. The van der Waals surface area contributed by atoms with Crippen molar-refractivity contribution in [1.29, 1.82) is 0 Å². The van der Waals surface area contributed by atoms with E-state index in [-0.39, 0.29) is 23.7 Å². The summed E-state index contributed by atoms with van der Waals surface area (Å²) >= 11 is 1.17. The van der Waals surface area contributed by atoms with Crippen LogP contribution in [0.25, 0.3) is 0 Å². The van der Waals surface area contributed by atoms with Crippen molar-refractivity contribution < 1.29 is 9.72 Å². The molecule has 19 heavy (non-hydrogen) atoms. The van der Waals surface area contributed by atoms with E-state index in [0.29, 0.717) is 9.75 Å². The van der Waals surface area contributed by atoms with Crippen LogP contribution in [0.1, 0.15) is 34.3 Å². The first-order valence-corrected chi connectivity index (χ1v) is 7.09. The highest BCUT2D eigenvalue weighted by molar-refractivity contribution is 7.14. The molecule has 1 aliphatic heterocycles. The highest BCUT2D eigenvalue weighted by Crippen LogP contribution is 2.28. The number of aryl methyl sites for hydroxylation is 1. The lowest BCUT2D eigenvalue weighted by molar-refractivity contribution is -0.385. The molecule has 6 nitrogen and oxygen atoms in total. The first kappa shape index (κ1) is 14.0. The Bertz CT molecular complexity index is 500. The van der Waals surface area contributed by atoms with Crippen LogP contribution in [-0.2, 0) is 0 Å². The molecule has 1 aromatic heterocycles. The smallest absolute Gasteiger partial charge is 0.283 e. The standard InChI is InChI=1S/C12H17N3O3S/c1-7-9(4-3-5-13-7)14-12(16)11-6-10(15(17)18)8(2)19-11/h6-7,9,13H,3-5H2,1-2H3,(H,14,16). The first-order chi connectivity index (χ1) is 8.99. The zero-order valence-electron chi connectivity index (χ0n) is 10.9. The van der Waals surface area contributed by atoms with Gasteiger partial charge in [0.2, 0.25) is 0 Å². The van der Waals surface area contributed by atoms with E-state index in [1.807, 2.05) is 6.92 Å². The molecule has 2 heterocycles. The molecule has 0 radical (unpaired) electrons. The molecule has 1 fully saturated rings. The van der Waals surface area contributed by atoms with Gasteiger partial charge in [-0.25, -0.2) is 0 Å². The van der Waals surface area contributed by atoms with Gasteiger partial charge < -0.3 is 10.6 Å². The van der Waals surface area contributed by atoms with Crippen molar-refractivity contribution in [2.45, 2.75) is 38.8 Å². The number of hydrogen-bond donors (Lipinski definition) is 2. The largest absolute Gasteiger partial charge is 0.347 e. The lowest BCUT2D eigenvalue weighted by Gasteiger charge is -2.30. The van der Waals surface area contributed by atoms with E-state index in [9.17, 15) is 14.9 Å². The normalized spacial score (nSPS) is 23.1. The number of rotatable bonds is 3. The maximum atomic E-state index is 12.1. The number of amides is 1. The molecular formula is C12H17N3O3S. The van der Waals surface area contributed by atoms with Gasteiger partial charge in [-0.3, -0.25) is 14.9 Å². The van der Waals surface area contributed by atoms with E-state index in [1.54, 1.807) is 6.92 Å². The SMILES string of the molecule is Cc1sc(C(=O)NC2CCCNC2C)cc1[N+](=O)[O-]. The van der Waals surface area contributed by atoms with Gasteiger partial charge in [0.1, 0.15) is 0 Å². The number of hydrogen-bond acceptors (Lipinski definition) is 5. The molecule has 2 rings (SSSR count). The van der Waals surface area contributed by atoms with Crippen molar-refractivity contribution in [2.24, 2.45) is 0 Å². The molecule has 0 aliphatic carbocycles. The Morgan fingerprint density at radius 3 is 2.95 bits per heavy atom. The molecule has 2 unspecified atom stereocenters. The summed E-state index contributed by atoms with van der Waals surface area (Å²) in [6, 6.07) is 1.67. The van der Waals surface area contributed by atoms with Crippen LogP contribution in [0.3, 0.4) is 0 Å². The summed E-state index contributed by atoms with van der Waals surface area (Å²) in [7, 11) is 0. The number of nitrogens with one attached hydrogen (secondary N) is 2. The van der Waals surface area contributed by atoms with Gasteiger partial charge in [-0.15, -0.1) is 11.3 Å². The zero-order valence-corrected chi connectivity index (χ0v) is 11.8.